The van der Waals surface area contributed by atoms with Crippen LogP contribution < -0.4 is 0 Å². The Balaban J connectivity index is 0. The first-order chi connectivity index (χ1) is 6.68. The van der Waals surface area contributed by atoms with Crippen LogP contribution in [0.3, 0.4) is 0 Å². The van der Waals surface area contributed by atoms with E-state index >= 15 is 0 Å². The number of rotatable bonds is 6. The molecular weight excluding hydrogens is 182 g/mol. The molecule has 0 aliphatic heterocycles. The van der Waals surface area contributed by atoms with Crippen molar-refractivity contribution in [3.8, 4) is 0 Å². The van der Waals surface area contributed by atoms with E-state index < -0.39 is 5.97 Å². The second kappa shape index (κ2) is 14.4. The first-order valence-corrected chi connectivity index (χ1v) is 4.94. The summed E-state index contributed by atoms with van der Waals surface area (Å²) in [5.41, 5.74) is 0. The van der Waals surface area contributed by atoms with Gasteiger partial charge in [0.25, 0.3) is 0 Å². The fourth-order valence-electron chi connectivity index (χ4n) is 0.684. The summed E-state index contributed by atoms with van der Waals surface area (Å²) < 4.78 is 0. The Morgan fingerprint density at radius 3 is 2.21 bits per heavy atom. The number of carboxylic acid groups (broad SMARTS) is 1. The molecule has 14 heavy (non-hydrogen) atoms. The van der Waals surface area contributed by atoms with Gasteiger partial charge in [0.15, 0.2) is 0 Å². The van der Waals surface area contributed by atoms with Gasteiger partial charge >= 0.3 is 5.97 Å². The van der Waals surface area contributed by atoms with Crippen LogP contribution in [0.15, 0.2) is 4.99 Å². The lowest BCUT2D eigenvalue weighted by atomic mass is 10.2. The molecule has 1 N–H and O–H groups in total. The first kappa shape index (κ1) is 15.3. The van der Waals surface area contributed by atoms with Crippen molar-refractivity contribution < 1.29 is 14.7 Å². The van der Waals surface area contributed by atoms with Crippen LogP contribution in [0.4, 0.5) is 0 Å². The highest BCUT2D eigenvalue weighted by atomic mass is 16.4. The summed E-state index contributed by atoms with van der Waals surface area (Å²) in [4.78, 5) is 22.4. The fraction of sp³-hybridized carbons (Fsp3) is 0.800. The summed E-state index contributed by atoms with van der Waals surface area (Å²) in [6, 6.07) is 0. The van der Waals surface area contributed by atoms with Crippen molar-refractivity contribution in [1.29, 1.82) is 0 Å². The van der Waals surface area contributed by atoms with Gasteiger partial charge in [-0.3, -0.25) is 4.79 Å². The third-order valence-corrected chi connectivity index (χ3v) is 1.39. The van der Waals surface area contributed by atoms with Crippen LogP contribution in [-0.4, -0.2) is 23.7 Å². The van der Waals surface area contributed by atoms with E-state index in [1.54, 1.807) is 0 Å². The molecule has 0 fully saturated rings. The Labute approximate surface area is 85.0 Å². The van der Waals surface area contributed by atoms with Crippen molar-refractivity contribution in [2.75, 3.05) is 6.54 Å². The van der Waals surface area contributed by atoms with E-state index in [0.29, 0.717) is 13.0 Å². The fourth-order valence-corrected chi connectivity index (χ4v) is 0.684. The Morgan fingerprint density at radius 2 is 1.93 bits per heavy atom. The molecule has 0 aromatic carbocycles. The third-order valence-electron chi connectivity index (χ3n) is 1.39. The Kier molecular flexibility index (Phi) is 15.7. The van der Waals surface area contributed by atoms with Gasteiger partial charge in [-0.2, -0.15) is 0 Å². The summed E-state index contributed by atoms with van der Waals surface area (Å²) in [5, 5.41) is 8.14. The normalized spacial score (nSPS) is 8.14. The number of carbonyl (C=O) groups is 1. The zero-order valence-corrected chi connectivity index (χ0v) is 8.95. The molecule has 0 saturated heterocycles. The van der Waals surface area contributed by atoms with Crippen molar-refractivity contribution in [1.82, 2.24) is 0 Å². The number of carboxylic acids is 1. The van der Waals surface area contributed by atoms with Crippen LogP contribution in [0.2, 0.25) is 0 Å². The lowest BCUT2D eigenvalue weighted by molar-refractivity contribution is -0.137. The number of hydrogen-bond acceptors (Lipinski definition) is 3. The highest BCUT2D eigenvalue weighted by Gasteiger charge is 1.92. The quantitative estimate of drug-likeness (QED) is 0.407. The molecule has 0 aromatic rings. The molecule has 0 spiro atoms. The molecular formula is C10H19NO3. The van der Waals surface area contributed by atoms with Crippen molar-refractivity contribution in [2.24, 2.45) is 4.99 Å². The van der Waals surface area contributed by atoms with Crippen molar-refractivity contribution in [3.63, 3.8) is 0 Å². The SMILES string of the molecule is CCCCCC(=O)O.CCCN=C=O. The molecule has 0 aliphatic rings. The predicted octanol–water partition coefficient (Wildman–Crippen LogP) is 2.38. The molecule has 0 heterocycles. The standard InChI is InChI=1S/C6H12O2.C4H7NO/c1-2-3-4-5-6(7)8;1-2-3-5-4-6/h2-5H2,1H3,(H,7,8);2-3H2,1H3. The van der Waals surface area contributed by atoms with Crippen molar-refractivity contribution in [3.05, 3.63) is 0 Å². The summed E-state index contributed by atoms with van der Waals surface area (Å²) in [5.74, 6) is -0.682. The molecule has 4 heteroatoms. The van der Waals surface area contributed by atoms with Gasteiger partial charge in [-0.25, -0.2) is 9.79 Å². The van der Waals surface area contributed by atoms with E-state index in [1.807, 2.05) is 6.92 Å². The van der Waals surface area contributed by atoms with E-state index in [1.165, 1.54) is 6.08 Å². The number of unbranched alkanes of at least 4 members (excludes halogenated alkanes) is 2. The van der Waals surface area contributed by atoms with Gasteiger partial charge in [-0.15, -0.1) is 0 Å². The third kappa shape index (κ3) is 22.4. The Hall–Kier alpha value is -1.15. The van der Waals surface area contributed by atoms with Crippen molar-refractivity contribution in [2.45, 2.75) is 46.0 Å². The molecule has 0 bridgehead atoms. The van der Waals surface area contributed by atoms with Gasteiger partial charge in [-0.05, 0) is 12.8 Å². The second-order valence-electron chi connectivity index (χ2n) is 2.82. The number of isocyanates is 1. The minimum Gasteiger partial charge on any atom is -0.481 e. The number of aliphatic carboxylic acids is 1. The van der Waals surface area contributed by atoms with E-state index in [9.17, 15) is 9.59 Å². The van der Waals surface area contributed by atoms with E-state index in [2.05, 4.69) is 11.9 Å². The zero-order chi connectivity index (χ0) is 11.2. The van der Waals surface area contributed by atoms with Gasteiger partial charge in [0.1, 0.15) is 0 Å². The molecule has 0 aromatic heterocycles. The van der Waals surface area contributed by atoms with Gasteiger partial charge in [0, 0.05) is 6.42 Å². The van der Waals surface area contributed by atoms with E-state index in [-0.39, 0.29) is 0 Å². The number of nitrogens with zero attached hydrogens (tertiary/aromatic N) is 1. The Morgan fingerprint density at radius 1 is 1.29 bits per heavy atom. The van der Waals surface area contributed by atoms with Crippen LogP contribution in [0.1, 0.15) is 46.0 Å². The van der Waals surface area contributed by atoms with Gasteiger partial charge in [-0.1, -0.05) is 26.7 Å². The topological polar surface area (TPSA) is 66.7 Å². The first-order valence-electron chi connectivity index (χ1n) is 4.94. The molecule has 0 atom stereocenters. The van der Waals surface area contributed by atoms with Gasteiger partial charge in [0.05, 0.1) is 6.54 Å². The lowest BCUT2D eigenvalue weighted by Crippen LogP contribution is -1.92. The smallest absolute Gasteiger partial charge is 0.303 e. The summed E-state index contributed by atoms with van der Waals surface area (Å²) in [6.45, 7) is 4.63. The van der Waals surface area contributed by atoms with Gasteiger partial charge in [0.2, 0.25) is 6.08 Å². The van der Waals surface area contributed by atoms with Gasteiger partial charge < -0.3 is 5.11 Å². The lowest BCUT2D eigenvalue weighted by Gasteiger charge is -1.89. The monoisotopic (exact) mass is 201 g/mol. The molecule has 82 valence electrons. The maximum Gasteiger partial charge on any atom is 0.303 e. The molecule has 0 radical (unpaired) electrons. The predicted molar refractivity (Wildman–Crippen MR) is 55.1 cm³/mol. The minimum atomic E-state index is -0.682. The number of carbonyl (C=O) groups excluding carboxylic acids is 1. The minimum absolute atomic E-state index is 0.327. The zero-order valence-electron chi connectivity index (χ0n) is 8.95. The largest absolute Gasteiger partial charge is 0.481 e. The highest BCUT2D eigenvalue weighted by molar-refractivity contribution is 5.66. The summed E-state index contributed by atoms with van der Waals surface area (Å²) in [7, 11) is 0. The maximum atomic E-state index is 9.87. The van der Waals surface area contributed by atoms with E-state index in [0.717, 1.165) is 25.7 Å². The van der Waals surface area contributed by atoms with Crippen LogP contribution >= 0.6 is 0 Å². The average molecular weight is 201 g/mol. The molecule has 4 nitrogen and oxygen atoms in total. The van der Waals surface area contributed by atoms with E-state index in [4.69, 9.17) is 5.11 Å². The van der Waals surface area contributed by atoms with Crippen LogP contribution in [0.25, 0.3) is 0 Å². The van der Waals surface area contributed by atoms with Crippen LogP contribution in [-0.2, 0) is 9.59 Å². The molecule has 0 rings (SSSR count). The second-order valence-corrected chi connectivity index (χ2v) is 2.82. The Bertz CT molecular complexity index is 174. The van der Waals surface area contributed by atoms with Crippen molar-refractivity contribution >= 4 is 12.0 Å². The highest BCUT2D eigenvalue weighted by Crippen LogP contribution is 1.97. The van der Waals surface area contributed by atoms with Crippen LogP contribution in [0.5, 0.6) is 0 Å². The van der Waals surface area contributed by atoms with Crippen LogP contribution in [0, 0.1) is 0 Å². The number of aliphatic imine (C=N–C) groups is 1. The number of hydrogen-bond donors (Lipinski definition) is 1. The molecule has 0 amide bonds. The summed E-state index contributed by atoms with van der Waals surface area (Å²) in [6.07, 6.45) is 5.65. The average Bonchev–Trinajstić information content (AvgIpc) is 2.16. The molecule has 0 aliphatic carbocycles. The maximum absolute atomic E-state index is 9.87. The molecule has 0 unspecified atom stereocenters. The summed E-state index contributed by atoms with van der Waals surface area (Å²) >= 11 is 0. The molecule has 0 saturated carbocycles.